The first-order chi connectivity index (χ1) is 12.7. The normalized spacial score (nSPS) is 11.0. The van der Waals surface area contributed by atoms with Gasteiger partial charge in [0.25, 0.3) is 0 Å². The summed E-state index contributed by atoms with van der Waals surface area (Å²) < 4.78 is 37.0. The minimum absolute atomic E-state index is 0.275. The van der Waals surface area contributed by atoms with Crippen LogP contribution in [0.2, 0.25) is 0 Å². The summed E-state index contributed by atoms with van der Waals surface area (Å²) in [7, 11) is -2.41. The largest absolute Gasteiger partial charge is 0.345 e. The molecule has 1 heterocycles. The zero-order chi connectivity index (χ0) is 19.9. The van der Waals surface area contributed by atoms with Gasteiger partial charge in [0.1, 0.15) is 17.3 Å². The predicted octanol–water partition coefficient (Wildman–Crippen LogP) is 1.28. The highest BCUT2D eigenvalue weighted by molar-refractivity contribution is 7.92. The van der Waals surface area contributed by atoms with Crippen LogP contribution in [0.15, 0.2) is 48.8 Å². The number of likely N-dealkylation sites (N-methyl/N-ethyl adjacent to an activating group) is 1. The van der Waals surface area contributed by atoms with Gasteiger partial charge in [0.2, 0.25) is 11.8 Å². The Morgan fingerprint density at radius 3 is 2.33 bits per heavy atom. The van der Waals surface area contributed by atoms with Gasteiger partial charge in [-0.2, -0.15) is 0 Å². The van der Waals surface area contributed by atoms with Gasteiger partial charge >= 0.3 is 0 Å². The number of aromatic nitrogens is 1. The number of halogens is 1. The molecule has 0 aliphatic rings. The number of carbonyl (C=O) groups excluding carboxylic acids is 2. The van der Waals surface area contributed by atoms with E-state index in [4.69, 9.17) is 0 Å². The fourth-order valence-corrected chi connectivity index (χ4v) is 3.42. The van der Waals surface area contributed by atoms with Crippen molar-refractivity contribution in [3.8, 4) is 0 Å². The van der Waals surface area contributed by atoms with Crippen LogP contribution in [-0.4, -0.2) is 55.2 Å². The number of carbonyl (C=O) groups is 2. The van der Waals surface area contributed by atoms with E-state index in [1.165, 1.54) is 24.1 Å². The summed E-state index contributed by atoms with van der Waals surface area (Å²) in [6, 6.07) is 8.55. The lowest BCUT2D eigenvalue weighted by Gasteiger charge is -2.17. The maximum Gasteiger partial charge on any atom is 0.239 e. The number of nitrogens with one attached hydrogen (secondary N) is 1. The van der Waals surface area contributed by atoms with Crippen molar-refractivity contribution in [1.82, 2.24) is 9.88 Å². The van der Waals surface area contributed by atoms with Crippen LogP contribution in [0, 0.1) is 5.82 Å². The van der Waals surface area contributed by atoms with Crippen LogP contribution in [0.25, 0.3) is 0 Å². The van der Waals surface area contributed by atoms with Crippen molar-refractivity contribution in [3.63, 3.8) is 0 Å². The van der Waals surface area contributed by atoms with Crippen LogP contribution in [-0.2, 0) is 25.8 Å². The molecule has 0 atom stereocenters. The van der Waals surface area contributed by atoms with Gasteiger partial charge < -0.3 is 10.2 Å². The first-order valence-corrected chi connectivity index (χ1v) is 9.96. The molecule has 7 nitrogen and oxygen atoms in total. The van der Waals surface area contributed by atoms with Gasteiger partial charge in [0.05, 0.1) is 0 Å². The number of rotatable bonds is 8. The number of anilines is 1. The number of benzene rings is 1. The Morgan fingerprint density at radius 1 is 1.07 bits per heavy atom. The number of pyridine rings is 1. The molecule has 9 heteroatoms. The van der Waals surface area contributed by atoms with E-state index < -0.39 is 39.0 Å². The van der Waals surface area contributed by atoms with E-state index in [1.807, 2.05) is 12.1 Å². The van der Waals surface area contributed by atoms with Gasteiger partial charge in [-0.05, 0) is 48.4 Å². The average molecular weight is 393 g/mol. The third-order valence-corrected chi connectivity index (χ3v) is 5.12. The molecule has 1 aromatic carbocycles. The minimum Gasteiger partial charge on any atom is -0.345 e. The van der Waals surface area contributed by atoms with E-state index in [0.717, 1.165) is 17.7 Å². The Balaban J connectivity index is 1.83. The van der Waals surface area contributed by atoms with Gasteiger partial charge in [-0.25, -0.2) is 12.8 Å². The third kappa shape index (κ3) is 7.14. The van der Waals surface area contributed by atoms with Crippen LogP contribution in [0.5, 0.6) is 0 Å². The second kappa shape index (κ2) is 9.22. The van der Waals surface area contributed by atoms with E-state index in [-0.39, 0.29) is 5.69 Å². The Hall–Kier alpha value is -2.81. The fraction of sp³-hybridized carbons (Fsp3) is 0.278. The molecule has 2 amide bonds. The molecule has 0 aliphatic carbocycles. The first-order valence-electron chi connectivity index (χ1n) is 8.14. The summed E-state index contributed by atoms with van der Waals surface area (Å²) in [5, 5.41) is 2.36. The lowest BCUT2D eigenvalue weighted by Crippen LogP contribution is -2.36. The van der Waals surface area contributed by atoms with Crippen LogP contribution in [0.1, 0.15) is 5.56 Å². The number of nitrogens with zero attached hydrogens (tertiary/aromatic N) is 2. The smallest absolute Gasteiger partial charge is 0.239 e. The molecular formula is C18H20FN3O4S. The Morgan fingerprint density at radius 2 is 1.70 bits per heavy atom. The summed E-state index contributed by atoms with van der Waals surface area (Å²) >= 11 is 0. The molecule has 0 radical (unpaired) electrons. The van der Waals surface area contributed by atoms with Gasteiger partial charge in [-0.1, -0.05) is 0 Å². The summed E-state index contributed by atoms with van der Waals surface area (Å²) in [5.41, 5.74) is 1.25. The molecule has 1 N–H and O–H groups in total. The lowest BCUT2D eigenvalue weighted by molar-refractivity contribution is -0.127. The molecule has 0 saturated carbocycles. The summed E-state index contributed by atoms with van der Waals surface area (Å²) in [4.78, 5) is 29.2. The summed E-state index contributed by atoms with van der Waals surface area (Å²) in [6.45, 7) is 0.347. The monoisotopic (exact) mass is 393 g/mol. The second-order valence-electron chi connectivity index (χ2n) is 6.01. The highest BCUT2D eigenvalue weighted by Crippen LogP contribution is 2.08. The van der Waals surface area contributed by atoms with E-state index in [1.54, 1.807) is 12.4 Å². The predicted molar refractivity (Wildman–Crippen MR) is 99.3 cm³/mol. The number of amides is 2. The van der Waals surface area contributed by atoms with E-state index >= 15 is 0 Å². The number of sulfone groups is 1. The quantitative estimate of drug-likeness (QED) is 0.729. The molecule has 0 aliphatic heterocycles. The van der Waals surface area contributed by atoms with Gasteiger partial charge in [0, 0.05) is 31.7 Å². The zero-order valence-corrected chi connectivity index (χ0v) is 15.6. The molecule has 27 heavy (non-hydrogen) atoms. The van der Waals surface area contributed by atoms with Crippen molar-refractivity contribution < 1.29 is 22.4 Å². The van der Waals surface area contributed by atoms with Crippen molar-refractivity contribution in [3.05, 3.63) is 60.2 Å². The van der Waals surface area contributed by atoms with E-state index in [9.17, 15) is 22.4 Å². The molecule has 0 fully saturated rings. The Bertz CT molecular complexity index is 887. The van der Waals surface area contributed by atoms with Crippen molar-refractivity contribution in [2.24, 2.45) is 0 Å². The Labute approximate surface area is 157 Å². The van der Waals surface area contributed by atoms with Crippen LogP contribution >= 0.6 is 0 Å². The topological polar surface area (TPSA) is 96.4 Å². The summed E-state index contributed by atoms with van der Waals surface area (Å²) in [6.07, 6.45) is 3.85. The van der Waals surface area contributed by atoms with Crippen LogP contribution < -0.4 is 5.32 Å². The van der Waals surface area contributed by atoms with Crippen molar-refractivity contribution in [2.45, 2.75) is 6.42 Å². The highest BCUT2D eigenvalue weighted by Gasteiger charge is 2.23. The molecule has 0 bridgehead atoms. The summed E-state index contributed by atoms with van der Waals surface area (Å²) in [5.74, 6) is -3.42. The van der Waals surface area contributed by atoms with Crippen molar-refractivity contribution in [1.29, 1.82) is 0 Å². The average Bonchev–Trinajstić information content (AvgIpc) is 2.61. The molecule has 144 valence electrons. The molecule has 0 saturated heterocycles. The third-order valence-electron chi connectivity index (χ3n) is 3.73. The van der Waals surface area contributed by atoms with E-state index in [2.05, 4.69) is 10.3 Å². The van der Waals surface area contributed by atoms with Crippen LogP contribution in [0.3, 0.4) is 0 Å². The fourth-order valence-electron chi connectivity index (χ4n) is 2.25. The maximum absolute atomic E-state index is 12.8. The number of hydrogen-bond donors (Lipinski definition) is 1. The standard InChI is InChI=1S/C18H20FN3O4S/c1-22(11-8-14-6-9-20-10-7-14)18(24)13-27(25,26)12-17(23)21-16-4-2-15(19)3-5-16/h2-7,9-10H,8,11-13H2,1H3,(H,21,23). The molecule has 2 aromatic rings. The Kier molecular flexibility index (Phi) is 7.00. The van der Waals surface area contributed by atoms with Crippen molar-refractivity contribution in [2.75, 3.05) is 30.4 Å². The lowest BCUT2D eigenvalue weighted by atomic mass is 10.2. The maximum atomic E-state index is 12.8. The van der Waals surface area contributed by atoms with Crippen molar-refractivity contribution >= 4 is 27.3 Å². The molecule has 0 unspecified atom stereocenters. The molecule has 2 rings (SSSR count). The van der Waals surface area contributed by atoms with Gasteiger partial charge in [0.15, 0.2) is 9.84 Å². The second-order valence-corrected chi connectivity index (χ2v) is 8.07. The minimum atomic E-state index is -3.92. The zero-order valence-electron chi connectivity index (χ0n) is 14.8. The highest BCUT2D eigenvalue weighted by atomic mass is 32.2. The SMILES string of the molecule is CN(CCc1ccncc1)C(=O)CS(=O)(=O)CC(=O)Nc1ccc(F)cc1. The van der Waals surface area contributed by atoms with Crippen LogP contribution in [0.4, 0.5) is 10.1 Å². The molecular weight excluding hydrogens is 373 g/mol. The molecule has 0 spiro atoms. The van der Waals surface area contributed by atoms with Gasteiger partial charge in [-0.15, -0.1) is 0 Å². The molecule has 1 aromatic heterocycles. The van der Waals surface area contributed by atoms with E-state index in [0.29, 0.717) is 13.0 Å². The first kappa shape index (κ1) is 20.5. The van der Waals surface area contributed by atoms with Gasteiger partial charge in [-0.3, -0.25) is 14.6 Å². The number of hydrogen-bond acceptors (Lipinski definition) is 5.